The number of halogens is 3. The zero-order valence-corrected chi connectivity index (χ0v) is 13.1. The van der Waals surface area contributed by atoms with Crippen LogP contribution in [0.4, 0.5) is 18.9 Å². The summed E-state index contributed by atoms with van der Waals surface area (Å²) in [5.74, 6) is 0. The van der Waals surface area contributed by atoms with E-state index in [0.717, 1.165) is 6.07 Å². The highest BCUT2D eigenvalue weighted by Crippen LogP contribution is 2.35. The van der Waals surface area contributed by atoms with Crippen molar-refractivity contribution in [2.45, 2.75) is 25.1 Å². The van der Waals surface area contributed by atoms with Crippen molar-refractivity contribution in [1.29, 1.82) is 5.26 Å². The minimum absolute atomic E-state index is 0.0517. The van der Waals surface area contributed by atoms with Crippen LogP contribution in [0, 0.1) is 11.3 Å². The monoisotopic (exact) mass is 334 g/mol. The summed E-state index contributed by atoms with van der Waals surface area (Å²) in [6.07, 6.45) is -4.33. The van der Waals surface area contributed by atoms with E-state index in [2.05, 4.69) is 5.32 Å². The molecule has 0 aliphatic rings. The Balaban J connectivity index is 2.11. The lowest BCUT2D eigenvalue weighted by Crippen LogP contribution is -2.25. The van der Waals surface area contributed by atoms with Crippen LogP contribution >= 0.6 is 0 Å². The third-order valence-corrected chi connectivity index (χ3v) is 3.78. The Labute approximate surface area is 138 Å². The highest BCUT2D eigenvalue weighted by molar-refractivity contribution is 5.56. The second-order valence-corrected chi connectivity index (χ2v) is 5.69. The molecule has 2 rings (SSSR count). The molecule has 1 atom stereocenters. The van der Waals surface area contributed by atoms with E-state index in [0.29, 0.717) is 5.56 Å². The number of nitrogens with one attached hydrogen (secondary N) is 1. The summed E-state index contributed by atoms with van der Waals surface area (Å²) < 4.78 is 39.3. The lowest BCUT2D eigenvalue weighted by atomic mass is 9.92. The molecule has 0 bridgehead atoms. The molecule has 3 nitrogen and oxygen atoms in total. The van der Waals surface area contributed by atoms with Crippen LogP contribution in [0.15, 0.2) is 48.5 Å². The second-order valence-electron chi connectivity index (χ2n) is 5.69. The summed E-state index contributed by atoms with van der Waals surface area (Å²) >= 11 is 0. The molecule has 0 aliphatic heterocycles. The van der Waals surface area contributed by atoms with Crippen molar-refractivity contribution in [2.75, 3.05) is 11.9 Å². The lowest BCUT2D eigenvalue weighted by molar-refractivity contribution is -0.137. The fourth-order valence-electron chi connectivity index (χ4n) is 2.38. The molecular weight excluding hydrogens is 317 g/mol. The van der Waals surface area contributed by atoms with Gasteiger partial charge in [-0.2, -0.15) is 18.4 Å². The molecule has 0 aliphatic carbocycles. The molecule has 2 aromatic carbocycles. The van der Waals surface area contributed by atoms with Gasteiger partial charge in [0, 0.05) is 12.2 Å². The van der Waals surface area contributed by atoms with Crippen LogP contribution in [0.2, 0.25) is 0 Å². The Kier molecular flexibility index (Phi) is 5.15. The first-order valence-corrected chi connectivity index (χ1v) is 7.37. The van der Waals surface area contributed by atoms with Gasteiger partial charge in [-0.05, 0) is 37.1 Å². The first-order chi connectivity index (χ1) is 11.2. The van der Waals surface area contributed by atoms with Gasteiger partial charge in [0.25, 0.3) is 0 Å². The highest BCUT2D eigenvalue weighted by Gasteiger charge is 2.34. The summed E-state index contributed by atoms with van der Waals surface area (Å²) in [5, 5.41) is 21.9. The number of anilines is 1. The zero-order valence-electron chi connectivity index (χ0n) is 13.1. The summed E-state index contributed by atoms with van der Waals surface area (Å²) in [5.41, 5.74) is -1.50. The van der Waals surface area contributed by atoms with Crippen molar-refractivity contribution in [1.82, 2.24) is 0 Å². The van der Waals surface area contributed by atoms with Gasteiger partial charge < -0.3 is 10.4 Å². The summed E-state index contributed by atoms with van der Waals surface area (Å²) in [7, 11) is 0. The first-order valence-electron chi connectivity index (χ1n) is 7.37. The van der Waals surface area contributed by atoms with Crippen LogP contribution in [0.1, 0.15) is 30.0 Å². The Morgan fingerprint density at radius 2 is 1.79 bits per heavy atom. The van der Waals surface area contributed by atoms with Crippen molar-refractivity contribution in [3.63, 3.8) is 0 Å². The number of nitriles is 1. The molecule has 0 heterocycles. The van der Waals surface area contributed by atoms with Crippen molar-refractivity contribution in [3.8, 4) is 6.07 Å². The van der Waals surface area contributed by atoms with Crippen molar-refractivity contribution in [2.24, 2.45) is 0 Å². The van der Waals surface area contributed by atoms with Crippen LogP contribution in [-0.2, 0) is 11.8 Å². The quantitative estimate of drug-likeness (QED) is 0.858. The predicted octanol–water partition coefficient (Wildman–Crippen LogP) is 4.29. The van der Waals surface area contributed by atoms with Crippen LogP contribution in [0.25, 0.3) is 0 Å². The minimum atomic E-state index is -4.56. The number of aliphatic hydroxyl groups is 1. The van der Waals surface area contributed by atoms with Gasteiger partial charge in [0.2, 0.25) is 0 Å². The number of hydrogen-bond acceptors (Lipinski definition) is 3. The van der Waals surface area contributed by atoms with Gasteiger partial charge in [-0.25, -0.2) is 0 Å². The van der Waals surface area contributed by atoms with Crippen LogP contribution in [0.3, 0.4) is 0 Å². The van der Waals surface area contributed by atoms with E-state index in [4.69, 9.17) is 5.26 Å². The standard InChI is InChI=1S/C18H17F3N2O/c1-17(24,14-5-3-2-4-6-14)9-10-23-16-8-7-13(12-22)11-15(16)18(19,20)21/h2-8,11,23-24H,9-10H2,1H3. The van der Waals surface area contributed by atoms with Crippen molar-refractivity contribution < 1.29 is 18.3 Å². The smallest absolute Gasteiger partial charge is 0.385 e. The maximum Gasteiger partial charge on any atom is 0.418 e. The van der Waals surface area contributed by atoms with E-state index in [1.165, 1.54) is 12.1 Å². The van der Waals surface area contributed by atoms with Gasteiger partial charge in [-0.3, -0.25) is 0 Å². The predicted molar refractivity (Wildman–Crippen MR) is 85.3 cm³/mol. The van der Waals surface area contributed by atoms with E-state index in [9.17, 15) is 18.3 Å². The highest BCUT2D eigenvalue weighted by atomic mass is 19.4. The van der Waals surface area contributed by atoms with E-state index in [1.54, 1.807) is 37.3 Å². The molecular formula is C18H17F3N2O. The topological polar surface area (TPSA) is 56.0 Å². The third kappa shape index (κ3) is 4.27. The molecule has 126 valence electrons. The molecule has 0 saturated carbocycles. The molecule has 6 heteroatoms. The minimum Gasteiger partial charge on any atom is -0.385 e. The Morgan fingerprint density at radius 1 is 1.12 bits per heavy atom. The second kappa shape index (κ2) is 6.93. The molecule has 0 fully saturated rings. The lowest BCUT2D eigenvalue weighted by Gasteiger charge is -2.24. The molecule has 24 heavy (non-hydrogen) atoms. The molecule has 0 aromatic heterocycles. The molecule has 0 saturated heterocycles. The number of benzene rings is 2. The van der Waals surface area contributed by atoms with Gasteiger partial charge in [0.05, 0.1) is 22.8 Å². The van der Waals surface area contributed by atoms with Gasteiger partial charge in [0.15, 0.2) is 0 Å². The van der Waals surface area contributed by atoms with Crippen LogP contribution in [-0.4, -0.2) is 11.7 Å². The average molecular weight is 334 g/mol. The number of nitrogens with zero attached hydrogens (tertiary/aromatic N) is 1. The third-order valence-electron chi connectivity index (χ3n) is 3.78. The molecule has 0 radical (unpaired) electrons. The van der Waals surface area contributed by atoms with Gasteiger partial charge in [-0.1, -0.05) is 30.3 Å². The fraction of sp³-hybridized carbons (Fsp3) is 0.278. The van der Waals surface area contributed by atoms with E-state index in [1.807, 2.05) is 6.07 Å². The first kappa shape index (κ1) is 17.8. The van der Waals surface area contributed by atoms with E-state index < -0.39 is 17.3 Å². The Morgan fingerprint density at radius 3 is 2.38 bits per heavy atom. The fourth-order valence-corrected chi connectivity index (χ4v) is 2.38. The van der Waals surface area contributed by atoms with Gasteiger partial charge in [0.1, 0.15) is 0 Å². The molecule has 2 aromatic rings. The SMILES string of the molecule is CC(O)(CCNc1ccc(C#N)cc1C(F)(F)F)c1ccccc1. The molecule has 0 spiro atoms. The van der Waals surface area contributed by atoms with Crippen molar-refractivity contribution >= 4 is 5.69 Å². The van der Waals surface area contributed by atoms with Gasteiger partial charge >= 0.3 is 6.18 Å². The molecule has 0 amide bonds. The number of alkyl halides is 3. The normalized spacial score (nSPS) is 13.8. The molecule has 2 N–H and O–H groups in total. The van der Waals surface area contributed by atoms with Crippen molar-refractivity contribution in [3.05, 3.63) is 65.2 Å². The summed E-state index contributed by atoms with van der Waals surface area (Å²) in [6, 6.07) is 14.0. The van der Waals surface area contributed by atoms with Crippen LogP contribution < -0.4 is 5.32 Å². The molecule has 1 unspecified atom stereocenters. The Bertz CT molecular complexity index is 734. The van der Waals surface area contributed by atoms with Gasteiger partial charge in [-0.15, -0.1) is 0 Å². The maximum atomic E-state index is 13.1. The summed E-state index contributed by atoms with van der Waals surface area (Å²) in [6.45, 7) is 1.77. The Hall–Kier alpha value is -2.52. The number of rotatable bonds is 5. The van der Waals surface area contributed by atoms with Crippen LogP contribution in [0.5, 0.6) is 0 Å². The van der Waals surface area contributed by atoms with E-state index >= 15 is 0 Å². The average Bonchev–Trinajstić information content (AvgIpc) is 2.55. The maximum absolute atomic E-state index is 13.1. The largest absolute Gasteiger partial charge is 0.418 e. The zero-order chi connectivity index (χ0) is 17.8. The summed E-state index contributed by atoms with van der Waals surface area (Å²) in [4.78, 5) is 0. The van der Waals surface area contributed by atoms with E-state index in [-0.39, 0.29) is 24.2 Å². The number of hydrogen-bond donors (Lipinski definition) is 2.